The average Bonchev–Trinajstić information content (AvgIpc) is 2.97. The summed E-state index contributed by atoms with van der Waals surface area (Å²) in [6.07, 6.45) is 0. The molecule has 1 aromatic heterocycles. The number of carbonyl (C=O) groups excluding carboxylic acids is 2. The van der Waals surface area contributed by atoms with Crippen molar-refractivity contribution in [3.8, 4) is 0 Å². The highest BCUT2D eigenvalue weighted by atomic mass is 35.5. The zero-order valence-corrected chi connectivity index (χ0v) is 12.3. The van der Waals surface area contributed by atoms with E-state index >= 15 is 0 Å². The fraction of sp³-hybridized carbons (Fsp3) is 0.0588. The van der Waals surface area contributed by atoms with Crippen molar-refractivity contribution in [1.82, 2.24) is 4.98 Å². The van der Waals surface area contributed by atoms with Crippen LogP contribution in [0.15, 0.2) is 54.6 Å². The molecule has 0 aliphatic heterocycles. The monoisotopic (exact) mass is 313 g/mol. The molecule has 0 radical (unpaired) electrons. The molecule has 2 aromatic carbocycles. The summed E-state index contributed by atoms with van der Waals surface area (Å²) in [4.78, 5) is 26.9. The predicted molar refractivity (Wildman–Crippen MR) is 84.4 cm³/mol. The third kappa shape index (κ3) is 3.02. The molecule has 1 N–H and O–H groups in total. The molecule has 0 amide bonds. The van der Waals surface area contributed by atoms with Crippen LogP contribution < -0.4 is 0 Å². The van der Waals surface area contributed by atoms with Crippen LogP contribution in [0, 0.1) is 0 Å². The topological polar surface area (TPSA) is 59.2 Å². The van der Waals surface area contributed by atoms with Crippen molar-refractivity contribution in [2.24, 2.45) is 0 Å². The summed E-state index contributed by atoms with van der Waals surface area (Å²) < 4.78 is 5.05. The van der Waals surface area contributed by atoms with Gasteiger partial charge in [0, 0.05) is 21.5 Å². The SMILES string of the molecule is O=C(COC(=O)c1cc2ccccc2[nH]1)c1ccc(Cl)cc1. The molecule has 5 heteroatoms. The van der Waals surface area contributed by atoms with E-state index < -0.39 is 5.97 Å². The number of ketones is 1. The largest absolute Gasteiger partial charge is 0.453 e. The zero-order chi connectivity index (χ0) is 15.5. The number of aromatic amines is 1. The lowest BCUT2D eigenvalue weighted by molar-refractivity contribution is 0.0470. The smallest absolute Gasteiger partial charge is 0.355 e. The van der Waals surface area contributed by atoms with E-state index in [1.165, 1.54) is 0 Å². The molecule has 1 heterocycles. The van der Waals surface area contributed by atoms with Crippen LogP contribution in [0.25, 0.3) is 10.9 Å². The Morgan fingerprint density at radius 3 is 2.50 bits per heavy atom. The first-order valence-corrected chi connectivity index (χ1v) is 7.05. The maximum Gasteiger partial charge on any atom is 0.355 e. The molecule has 4 nitrogen and oxygen atoms in total. The highest BCUT2D eigenvalue weighted by Gasteiger charge is 2.13. The number of rotatable bonds is 4. The zero-order valence-electron chi connectivity index (χ0n) is 11.5. The minimum Gasteiger partial charge on any atom is -0.453 e. The van der Waals surface area contributed by atoms with E-state index in [1.54, 1.807) is 30.3 Å². The molecule has 0 unspecified atom stereocenters. The first-order chi connectivity index (χ1) is 10.6. The number of hydrogen-bond acceptors (Lipinski definition) is 3. The van der Waals surface area contributed by atoms with Crippen molar-refractivity contribution in [2.75, 3.05) is 6.61 Å². The second-order valence-corrected chi connectivity index (χ2v) is 5.21. The summed E-state index contributed by atoms with van der Waals surface area (Å²) in [6, 6.07) is 15.6. The van der Waals surface area contributed by atoms with Crippen molar-refractivity contribution < 1.29 is 14.3 Å². The van der Waals surface area contributed by atoms with Crippen LogP contribution in [0.5, 0.6) is 0 Å². The maximum atomic E-state index is 12.0. The van der Waals surface area contributed by atoms with Crippen LogP contribution in [0.2, 0.25) is 5.02 Å². The highest BCUT2D eigenvalue weighted by Crippen LogP contribution is 2.15. The molecule has 0 fully saturated rings. The molecule has 0 aliphatic rings. The first-order valence-electron chi connectivity index (χ1n) is 6.67. The van der Waals surface area contributed by atoms with Crippen molar-refractivity contribution >= 4 is 34.3 Å². The molecular weight excluding hydrogens is 302 g/mol. The third-order valence-electron chi connectivity index (χ3n) is 3.25. The molecule has 22 heavy (non-hydrogen) atoms. The van der Waals surface area contributed by atoms with Gasteiger partial charge in [0.05, 0.1) is 0 Å². The lowest BCUT2D eigenvalue weighted by atomic mass is 10.1. The molecule has 110 valence electrons. The summed E-state index contributed by atoms with van der Waals surface area (Å²) >= 11 is 5.76. The number of fused-ring (bicyclic) bond motifs is 1. The molecule has 0 bridgehead atoms. The van der Waals surface area contributed by atoms with Gasteiger partial charge >= 0.3 is 5.97 Å². The van der Waals surface area contributed by atoms with Gasteiger partial charge in [0.25, 0.3) is 0 Å². The van der Waals surface area contributed by atoms with Crippen LogP contribution >= 0.6 is 11.6 Å². The van der Waals surface area contributed by atoms with E-state index in [2.05, 4.69) is 4.98 Å². The Morgan fingerprint density at radius 1 is 1.05 bits per heavy atom. The number of esters is 1. The van der Waals surface area contributed by atoms with Gasteiger partial charge in [0.2, 0.25) is 0 Å². The Balaban J connectivity index is 1.66. The van der Waals surface area contributed by atoms with Gasteiger partial charge in [0.15, 0.2) is 12.4 Å². The summed E-state index contributed by atoms with van der Waals surface area (Å²) in [6.45, 7) is -0.310. The molecule has 0 spiro atoms. The van der Waals surface area contributed by atoms with E-state index in [9.17, 15) is 9.59 Å². The van der Waals surface area contributed by atoms with Crippen LogP contribution in [0.3, 0.4) is 0 Å². The number of nitrogens with one attached hydrogen (secondary N) is 1. The van der Waals surface area contributed by atoms with Gasteiger partial charge in [-0.2, -0.15) is 0 Å². The Hall–Kier alpha value is -2.59. The van der Waals surface area contributed by atoms with Gasteiger partial charge in [-0.25, -0.2) is 4.79 Å². The van der Waals surface area contributed by atoms with Crippen LogP contribution in [-0.4, -0.2) is 23.3 Å². The normalized spacial score (nSPS) is 10.6. The minimum atomic E-state index is -0.557. The van der Waals surface area contributed by atoms with Crippen molar-refractivity contribution in [1.29, 1.82) is 0 Å². The van der Waals surface area contributed by atoms with E-state index in [0.717, 1.165) is 10.9 Å². The summed E-state index contributed by atoms with van der Waals surface area (Å²) in [5, 5.41) is 1.46. The lowest BCUT2D eigenvalue weighted by Gasteiger charge is -2.03. The maximum absolute atomic E-state index is 12.0. The van der Waals surface area contributed by atoms with Crippen LogP contribution in [0.4, 0.5) is 0 Å². The lowest BCUT2D eigenvalue weighted by Crippen LogP contribution is -2.14. The van der Waals surface area contributed by atoms with Gasteiger partial charge < -0.3 is 9.72 Å². The second-order valence-electron chi connectivity index (χ2n) is 4.78. The number of carbonyl (C=O) groups is 2. The Morgan fingerprint density at radius 2 is 1.77 bits per heavy atom. The van der Waals surface area contributed by atoms with Crippen molar-refractivity contribution in [3.05, 3.63) is 70.9 Å². The number of ether oxygens (including phenoxy) is 1. The summed E-state index contributed by atoms with van der Waals surface area (Å²) in [5.74, 6) is -0.834. The Labute approximate surface area is 131 Å². The quantitative estimate of drug-likeness (QED) is 0.587. The highest BCUT2D eigenvalue weighted by molar-refractivity contribution is 6.30. The summed E-state index contributed by atoms with van der Waals surface area (Å²) in [7, 11) is 0. The molecule has 0 saturated carbocycles. The van der Waals surface area contributed by atoms with E-state index in [-0.39, 0.29) is 12.4 Å². The molecular formula is C17H12ClNO3. The number of Topliss-reactive ketones (excluding diaryl/α,β-unsaturated/α-hetero) is 1. The molecule has 0 atom stereocenters. The average molecular weight is 314 g/mol. The second kappa shape index (κ2) is 6.03. The van der Waals surface area contributed by atoms with Gasteiger partial charge in [-0.05, 0) is 36.4 Å². The van der Waals surface area contributed by atoms with Gasteiger partial charge in [-0.15, -0.1) is 0 Å². The molecule has 0 aliphatic carbocycles. The number of para-hydroxylation sites is 1. The number of benzene rings is 2. The molecule has 3 rings (SSSR count). The standard InChI is InChI=1S/C17H12ClNO3/c18-13-7-5-11(6-8-13)16(20)10-22-17(21)15-9-12-3-1-2-4-14(12)19-15/h1-9,19H,10H2. The van der Waals surface area contributed by atoms with Crippen molar-refractivity contribution in [2.45, 2.75) is 0 Å². The summed E-state index contributed by atoms with van der Waals surface area (Å²) in [5.41, 5.74) is 1.62. The minimum absolute atomic E-state index is 0.277. The molecule has 0 saturated heterocycles. The first kappa shape index (κ1) is 14.4. The third-order valence-corrected chi connectivity index (χ3v) is 3.50. The predicted octanol–water partition coefficient (Wildman–Crippen LogP) is 3.86. The van der Waals surface area contributed by atoms with E-state index in [1.807, 2.05) is 24.3 Å². The Kier molecular flexibility index (Phi) is 3.94. The van der Waals surface area contributed by atoms with Crippen LogP contribution in [0.1, 0.15) is 20.8 Å². The fourth-order valence-electron chi connectivity index (χ4n) is 2.11. The van der Waals surface area contributed by atoms with E-state index in [0.29, 0.717) is 16.3 Å². The van der Waals surface area contributed by atoms with Gasteiger partial charge in [-0.1, -0.05) is 29.8 Å². The van der Waals surface area contributed by atoms with Gasteiger partial charge in [0.1, 0.15) is 5.69 Å². The van der Waals surface area contributed by atoms with Gasteiger partial charge in [-0.3, -0.25) is 4.79 Å². The fourth-order valence-corrected chi connectivity index (χ4v) is 2.24. The van der Waals surface area contributed by atoms with Crippen molar-refractivity contribution in [3.63, 3.8) is 0 Å². The molecule has 3 aromatic rings. The number of halogens is 1. The number of hydrogen-bond donors (Lipinski definition) is 1. The number of H-pyrrole nitrogens is 1. The van der Waals surface area contributed by atoms with Crippen LogP contribution in [-0.2, 0) is 4.74 Å². The number of aromatic nitrogens is 1. The Bertz CT molecular complexity index is 803. The van der Waals surface area contributed by atoms with E-state index in [4.69, 9.17) is 16.3 Å².